The molecular formula is C12H26O. The highest BCUT2D eigenvalue weighted by Gasteiger charge is 2.22. The number of rotatable bonds is 5. The van der Waals surface area contributed by atoms with E-state index in [0.717, 1.165) is 6.42 Å². The summed E-state index contributed by atoms with van der Waals surface area (Å²) in [5, 5.41) is 0. The van der Waals surface area contributed by atoms with E-state index >= 15 is 0 Å². The molecule has 13 heavy (non-hydrogen) atoms. The molecule has 0 spiro atoms. The average Bonchev–Trinajstić information content (AvgIpc) is 2.01. The van der Waals surface area contributed by atoms with Gasteiger partial charge in [-0.15, -0.1) is 0 Å². The summed E-state index contributed by atoms with van der Waals surface area (Å²) in [6.07, 6.45) is 4.35. The predicted molar refractivity (Wildman–Crippen MR) is 59.0 cm³/mol. The van der Waals surface area contributed by atoms with Crippen molar-refractivity contribution in [3.05, 3.63) is 0 Å². The van der Waals surface area contributed by atoms with Crippen molar-refractivity contribution in [1.29, 1.82) is 0 Å². The van der Waals surface area contributed by atoms with Gasteiger partial charge in [0.2, 0.25) is 0 Å². The van der Waals surface area contributed by atoms with Gasteiger partial charge >= 0.3 is 0 Å². The first-order valence-corrected chi connectivity index (χ1v) is 5.57. The summed E-state index contributed by atoms with van der Waals surface area (Å²) in [5.41, 5.74) is 0.265. The van der Waals surface area contributed by atoms with Gasteiger partial charge < -0.3 is 4.74 Å². The van der Waals surface area contributed by atoms with Crippen molar-refractivity contribution in [2.75, 3.05) is 0 Å². The third kappa shape index (κ3) is 5.30. The maximum absolute atomic E-state index is 6.00. The molecule has 0 fully saturated rings. The van der Waals surface area contributed by atoms with Crippen LogP contribution in [0.25, 0.3) is 0 Å². The largest absolute Gasteiger partial charge is 0.375 e. The molecule has 1 nitrogen and oxygen atoms in total. The van der Waals surface area contributed by atoms with E-state index in [0.29, 0.717) is 12.2 Å². The van der Waals surface area contributed by atoms with Crippen LogP contribution in [0.15, 0.2) is 0 Å². The van der Waals surface area contributed by atoms with Gasteiger partial charge in [0.05, 0.1) is 12.2 Å². The highest BCUT2D eigenvalue weighted by molar-refractivity contribution is 4.71. The first kappa shape index (κ1) is 13.0. The summed E-state index contributed by atoms with van der Waals surface area (Å²) in [6, 6.07) is 0. The van der Waals surface area contributed by atoms with E-state index in [-0.39, 0.29) is 5.41 Å². The maximum Gasteiger partial charge on any atom is 0.0599 e. The van der Waals surface area contributed by atoms with E-state index in [4.69, 9.17) is 4.74 Å². The topological polar surface area (TPSA) is 9.23 Å². The highest BCUT2D eigenvalue weighted by Crippen LogP contribution is 2.24. The van der Waals surface area contributed by atoms with Crippen LogP contribution in [-0.2, 0) is 4.74 Å². The Kier molecular flexibility index (Phi) is 5.62. The Morgan fingerprint density at radius 3 is 2.00 bits per heavy atom. The Morgan fingerprint density at radius 2 is 1.69 bits per heavy atom. The molecule has 0 aliphatic carbocycles. The van der Waals surface area contributed by atoms with Crippen molar-refractivity contribution in [2.45, 2.75) is 73.0 Å². The number of hydrogen-bond donors (Lipinski definition) is 0. The van der Waals surface area contributed by atoms with Gasteiger partial charge in [-0.25, -0.2) is 0 Å². The van der Waals surface area contributed by atoms with Crippen molar-refractivity contribution in [1.82, 2.24) is 0 Å². The van der Waals surface area contributed by atoms with E-state index in [9.17, 15) is 0 Å². The molecule has 0 N–H and O–H groups in total. The normalized spacial score (nSPS) is 17.1. The third-order valence-corrected chi connectivity index (χ3v) is 2.68. The molecule has 0 heterocycles. The predicted octanol–water partition coefficient (Wildman–Crippen LogP) is 4.02. The van der Waals surface area contributed by atoms with Crippen LogP contribution < -0.4 is 0 Å². The zero-order chi connectivity index (χ0) is 10.5. The SMILES string of the molecule is CCCC(CC)OC(C)C(C)(C)C. The Bertz CT molecular complexity index is 124. The minimum atomic E-state index is 0.265. The van der Waals surface area contributed by atoms with E-state index in [1.165, 1.54) is 12.8 Å². The molecule has 0 aromatic carbocycles. The fourth-order valence-electron chi connectivity index (χ4n) is 1.18. The fourth-order valence-corrected chi connectivity index (χ4v) is 1.18. The number of ether oxygens (including phenoxy) is 1. The van der Waals surface area contributed by atoms with Crippen LogP contribution in [0.3, 0.4) is 0 Å². The molecule has 0 radical (unpaired) electrons. The van der Waals surface area contributed by atoms with Crippen LogP contribution in [0.2, 0.25) is 0 Å². The first-order chi connectivity index (χ1) is 5.91. The molecule has 0 saturated carbocycles. The van der Waals surface area contributed by atoms with Crippen molar-refractivity contribution in [2.24, 2.45) is 5.41 Å². The molecule has 0 saturated heterocycles. The second-order valence-electron chi connectivity index (χ2n) is 4.96. The quantitative estimate of drug-likeness (QED) is 0.630. The lowest BCUT2D eigenvalue weighted by Gasteiger charge is -2.31. The van der Waals surface area contributed by atoms with E-state index in [1.54, 1.807) is 0 Å². The molecule has 80 valence electrons. The molecule has 0 bridgehead atoms. The molecule has 1 heteroatoms. The molecule has 0 amide bonds. The summed E-state index contributed by atoms with van der Waals surface area (Å²) in [5.74, 6) is 0. The standard InChI is InChI=1S/C12H26O/c1-7-9-11(8-2)13-10(3)12(4,5)6/h10-11H,7-9H2,1-6H3. The summed E-state index contributed by atoms with van der Waals surface area (Å²) < 4.78 is 6.00. The fraction of sp³-hybridized carbons (Fsp3) is 1.00. The number of hydrogen-bond acceptors (Lipinski definition) is 1. The minimum absolute atomic E-state index is 0.265. The Morgan fingerprint density at radius 1 is 1.15 bits per heavy atom. The van der Waals surface area contributed by atoms with Crippen LogP contribution in [0.4, 0.5) is 0 Å². The monoisotopic (exact) mass is 186 g/mol. The maximum atomic E-state index is 6.00. The molecule has 0 aromatic heterocycles. The van der Waals surface area contributed by atoms with Crippen LogP contribution in [0.5, 0.6) is 0 Å². The van der Waals surface area contributed by atoms with Gasteiger partial charge in [-0.2, -0.15) is 0 Å². The van der Waals surface area contributed by atoms with Gasteiger partial charge in [-0.05, 0) is 25.2 Å². The van der Waals surface area contributed by atoms with Gasteiger partial charge in [-0.1, -0.05) is 41.0 Å². The van der Waals surface area contributed by atoms with Crippen molar-refractivity contribution in [3.8, 4) is 0 Å². The van der Waals surface area contributed by atoms with E-state index < -0.39 is 0 Å². The average molecular weight is 186 g/mol. The first-order valence-electron chi connectivity index (χ1n) is 5.57. The zero-order valence-corrected chi connectivity index (χ0v) is 10.2. The van der Waals surface area contributed by atoms with E-state index in [1.807, 2.05) is 0 Å². The summed E-state index contributed by atoms with van der Waals surface area (Å²) in [7, 11) is 0. The van der Waals surface area contributed by atoms with Crippen LogP contribution in [0, 0.1) is 5.41 Å². The lowest BCUT2D eigenvalue weighted by molar-refractivity contribution is -0.0599. The summed E-state index contributed by atoms with van der Waals surface area (Å²) >= 11 is 0. The second-order valence-corrected chi connectivity index (χ2v) is 4.96. The second kappa shape index (κ2) is 5.64. The zero-order valence-electron chi connectivity index (χ0n) is 10.2. The van der Waals surface area contributed by atoms with Gasteiger partial charge in [0.15, 0.2) is 0 Å². The van der Waals surface area contributed by atoms with Crippen LogP contribution in [0.1, 0.15) is 60.8 Å². The Balaban J connectivity index is 3.93. The van der Waals surface area contributed by atoms with Crippen LogP contribution in [-0.4, -0.2) is 12.2 Å². The van der Waals surface area contributed by atoms with Gasteiger partial charge in [0.25, 0.3) is 0 Å². The van der Waals surface area contributed by atoms with Crippen molar-refractivity contribution < 1.29 is 4.74 Å². The Hall–Kier alpha value is -0.0400. The molecule has 2 unspecified atom stereocenters. The van der Waals surface area contributed by atoms with Crippen molar-refractivity contribution >= 4 is 0 Å². The third-order valence-electron chi connectivity index (χ3n) is 2.68. The van der Waals surface area contributed by atoms with Gasteiger partial charge in [0.1, 0.15) is 0 Å². The molecule has 2 atom stereocenters. The lowest BCUT2D eigenvalue weighted by atomic mass is 9.90. The summed E-state index contributed by atoms with van der Waals surface area (Å²) in [4.78, 5) is 0. The van der Waals surface area contributed by atoms with Gasteiger partial charge in [-0.3, -0.25) is 0 Å². The minimum Gasteiger partial charge on any atom is -0.375 e. The Labute approximate surface area is 83.9 Å². The molecule has 0 rings (SSSR count). The van der Waals surface area contributed by atoms with Crippen molar-refractivity contribution in [3.63, 3.8) is 0 Å². The summed E-state index contributed by atoms with van der Waals surface area (Å²) in [6.45, 7) is 13.3. The highest BCUT2D eigenvalue weighted by atomic mass is 16.5. The van der Waals surface area contributed by atoms with Gasteiger partial charge in [0, 0.05) is 0 Å². The lowest BCUT2D eigenvalue weighted by Crippen LogP contribution is -2.30. The smallest absolute Gasteiger partial charge is 0.0599 e. The van der Waals surface area contributed by atoms with Crippen LogP contribution >= 0.6 is 0 Å². The molecule has 0 aliphatic heterocycles. The molecular weight excluding hydrogens is 160 g/mol. The molecule has 0 aliphatic rings. The molecule has 0 aromatic rings. The van der Waals surface area contributed by atoms with E-state index in [2.05, 4.69) is 41.5 Å².